The van der Waals surface area contributed by atoms with Gasteiger partial charge in [-0.05, 0) is 31.2 Å². The molecule has 0 spiro atoms. The summed E-state index contributed by atoms with van der Waals surface area (Å²) in [6, 6.07) is 12.2. The van der Waals surface area contributed by atoms with Gasteiger partial charge in [0, 0.05) is 5.56 Å². The number of rotatable bonds is 3. The lowest BCUT2D eigenvalue weighted by Gasteiger charge is -2.07. The number of halogens is 2. The number of aryl methyl sites for hydroxylation is 1. The van der Waals surface area contributed by atoms with Crippen molar-refractivity contribution >= 4 is 40.3 Å². The average Bonchev–Trinajstić information content (AvgIpc) is 2.98. The summed E-state index contributed by atoms with van der Waals surface area (Å²) in [7, 11) is 0. The first-order valence-corrected chi connectivity index (χ1v) is 8.96. The van der Waals surface area contributed by atoms with Crippen LogP contribution in [0.1, 0.15) is 16.1 Å². The Kier molecular flexibility index (Phi) is 4.41. The number of nitrogens with two attached hydrogens (primary N) is 1. The molecular formula is C19H13Cl2N5O2. The lowest BCUT2D eigenvalue weighted by Crippen LogP contribution is -2.15. The van der Waals surface area contributed by atoms with Crippen LogP contribution in [0.25, 0.3) is 28.2 Å². The Morgan fingerprint density at radius 1 is 1.11 bits per heavy atom. The zero-order valence-corrected chi connectivity index (χ0v) is 16.0. The largest absolute Gasteiger partial charge is 0.364 e. The third-order valence-corrected chi connectivity index (χ3v) is 4.95. The number of H-pyrrole nitrogens is 1. The highest BCUT2D eigenvalue weighted by molar-refractivity contribution is 6.42. The second kappa shape index (κ2) is 6.78. The fourth-order valence-electron chi connectivity index (χ4n) is 2.94. The van der Waals surface area contributed by atoms with Crippen molar-refractivity contribution in [3.63, 3.8) is 0 Å². The molecule has 0 saturated carbocycles. The Balaban J connectivity index is 2.07. The summed E-state index contributed by atoms with van der Waals surface area (Å²) in [5, 5.41) is 0.634. The minimum atomic E-state index is -0.774. The van der Waals surface area contributed by atoms with Gasteiger partial charge in [-0.25, -0.2) is 19.3 Å². The molecule has 1 amide bonds. The smallest absolute Gasteiger partial charge is 0.332 e. The van der Waals surface area contributed by atoms with E-state index in [1.54, 1.807) is 12.1 Å². The molecule has 0 radical (unpaired) electrons. The van der Waals surface area contributed by atoms with Gasteiger partial charge in [-0.1, -0.05) is 47.0 Å². The molecule has 0 bridgehead atoms. The molecule has 0 unspecified atom stereocenters. The summed E-state index contributed by atoms with van der Waals surface area (Å²) in [5.41, 5.74) is 7.42. The van der Waals surface area contributed by atoms with Crippen LogP contribution < -0.4 is 11.4 Å². The molecule has 0 aliphatic rings. The number of benzene rings is 2. The second-order valence-electron chi connectivity index (χ2n) is 6.19. The van der Waals surface area contributed by atoms with Crippen LogP contribution in [0.15, 0.2) is 47.3 Å². The molecule has 140 valence electrons. The van der Waals surface area contributed by atoms with Gasteiger partial charge in [0.1, 0.15) is 5.52 Å². The van der Waals surface area contributed by atoms with Gasteiger partial charge in [0.2, 0.25) is 0 Å². The van der Waals surface area contributed by atoms with Crippen molar-refractivity contribution in [3.05, 3.63) is 74.3 Å². The molecule has 0 aliphatic heterocycles. The summed E-state index contributed by atoms with van der Waals surface area (Å²) in [4.78, 5) is 36.0. The van der Waals surface area contributed by atoms with E-state index in [9.17, 15) is 9.59 Å². The maximum atomic E-state index is 12.6. The van der Waals surface area contributed by atoms with Gasteiger partial charge in [0.15, 0.2) is 17.2 Å². The van der Waals surface area contributed by atoms with Crippen LogP contribution in [-0.4, -0.2) is 25.4 Å². The molecule has 0 aliphatic carbocycles. The zero-order chi connectivity index (χ0) is 20.0. The number of imidazole rings is 1. The van der Waals surface area contributed by atoms with Gasteiger partial charge in [-0.3, -0.25) is 4.79 Å². The Morgan fingerprint density at radius 2 is 1.89 bits per heavy atom. The number of primary amides is 1. The minimum Gasteiger partial charge on any atom is -0.364 e. The first-order valence-electron chi connectivity index (χ1n) is 8.20. The number of amides is 1. The highest BCUT2D eigenvalue weighted by Crippen LogP contribution is 2.26. The van der Waals surface area contributed by atoms with E-state index in [0.29, 0.717) is 16.3 Å². The van der Waals surface area contributed by atoms with Crippen LogP contribution in [0.4, 0.5) is 0 Å². The maximum Gasteiger partial charge on any atom is 0.332 e. The number of nitrogens with zero attached hydrogens (tertiary/aromatic N) is 3. The molecule has 2 heterocycles. The van der Waals surface area contributed by atoms with Crippen molar-refractivity contribution in [3.8, 4) is 17.1 Å². The maximum absolute atomic E-state index is 12.6. The van der Waals surface area contributed by atoms with Crippen molar-refractivity contribution in [2.24, 2.45) is 5.73 Å². The van der Waals surface area contributed by atoms with Crippen LogP contribution in [0.2, 0.25) is 10.0 Å². The third kappa shape index (κ3) is 3.04. The monoisotopic (exact) mass is 413 g/mol. The van der Waals surface area contributed by atoms with Gasteiger partial charge in [0.05, 0.1) is 15.7 Å². The highest BCUT2D eigenvalue weighted by atomic mass is 35.5. The first-order chi connectivity index (χ1) is 13.3. The number of hydrogen-bond acceptors (Lipinski definition) is 4. The van der Waals surface area contributed by atoms with Crippen molar-refractivity contribution in [2.75, 3.05) is 0 Å². The number of aromatic amines is 1. The zero-order valence-electron chi connectivity index (χ0n) is 14.5. The molecule has 4 rings (SSSR count). The topological polar surface area (TPSA) is 107 Å². The molecule has 2 aromatic heterocycles. The molecule has 7 nitrogen and oxygen atoms in total. The molecule has 28 heavy (non-hydrogen) atoms. The molecule has 9 heteroatoms. The standard InChI is InChI=1S/C19H13Cl2N5O2/c1-9-3-2-4-10(7-9)17-23-14(16(22)27)15-18(25-17)26(19(28)24-15)11-5-6-12(20)13(21)8-11/h2-8H,1H3,(H2,22,27)(H,24,28). The number of fused-ring (bicyclic) bond motifs is 1. The fraction of sp³-hybridized carbons (Fsp3) is 0.0526. The lowest BCUT2D eigenvalue weighted by atomic mass is 10.1. The third-order valence-electron chi connectivity index (χ3n) is 4.21. The number of carbonyl (C=O) groups is 1. The molecule has 0 atom stereocenters. The van der Waals surface area contributed by atoms with Gasteiger partial charge in [0.25, 0.3) is 5.91 Å². The van der Waals surface area contributed by atoms with E-state index >= 15 is 0 Å². The van der Waals surface area contributed by atoms with Gasteiger partial charge >= 0.3 is 5.69 Å². The quantitative estimate of drug-likeness (QED) is 0.535. The van der Waals surface area contributed by atoms with Gasteiger partial charge < -0.3 is 10.7 Å². The minimum absolute atomic E-state index is 0.0718. The second-order valence-corrected chi connectivity index (χ2v) is 7.01. The van der Waals surface area contributed by atoms with Crippen LogP contribution in [0, 0.1) is 6.92 Å². The first kappa shape index (κ1) is 18.2. The van der Waals surface area contributed by atoms with Crippen LogP contribution >= 0.6 is 23.2 Å². The predicted octanol–water partition coefficient (Wildman–Crippen LogP) is 3.49. The fourth-order valence-corrected chi connectivity index (χ4v) is 3.23. The van der Waals surface area contributed by atoms with Crippen molar-refractivity contribution in [1.82, 2.24) is 19.5 Å². The van der Waals surface area contributed by atoms with E-state index in [1.807, 2.05) is 31.2 Å². The summed E-state index contributed by atoms with van der Waals surface area (Å²) in [6.45, 7) is 1.93. The molecule has 3 N–H and O–H groups in total. The highest BCUT2D eigenvalue weighted by Gasteiger charge is 2.20. The van der Waals surface area contributed by atoms with E-state index in [4.69, 9.17) is 28.9 Å². The van der Waals surface area contributed by atoms with E-state index in [2.05, 4.69) is 15.0 Å². The lowest BCUT2D eigenvalue weighted by molar-refractivity contribution is 0.0997. The normalized spacial score (nSPS) is 11.1. The Hall–Kier alpha value is -3.16. The molecule has 0 fully saturated rings. The number of hydrogen-bond donors (Lipinski definition) is 2. The van der Waals surface area contributed by atoms with Crippen LogP contribution in [0.5, 0.6) is 0 Å². The molecular weight excluding hydrogens is 401 g/mol. The predicted molar refractivity (Wildman–Crippen MR) is 108 cm³/mol. The Bertz CT molecular complexity index is 1310. The van der Waals surface area contributed by atoms with Gasteiger partial charge in [-0.2, -0.15) is 0 Å². The van der Waals surface area contributed by atoms with Crippen molar-refractivity contribution in [1.29, 1.82) is 0 Å². The number of aromatic nitrogens is 4. The van der Waals surface area contributed by atoms with E-state index in [1.165, 1.54) is 10.6 Å². The summed E-state index contributed by atoms with van der Waals surface area (Å²) < 4.78 is 1.30. The average molecular weight is 414 g/mol. The Labute approximate surface area is 168 Å². The van der Waals surface area contributed by atoms with E-state index in [-0.39, 0.29) is 27.7 Å². The molecule has 0 saturated heterocycles. The molecule has 2 aromatic carbocycles. The molecule has 4 aromatic rings. The number of nitrogens with one attached hydrogen (secondary N) is 1. The Morgan fingerprint density at radius 3 is 2.57 bits per heavy atom. The summed E-state index contributed by atoms with van der Waals surface area (Å²) in [6.07, 6.45) is 0. The summed E-state index contributed by atoms with van der Waals surface area (Å²) in [5.74, 6) is -0.498. The van der Waals surface area contributed by atoms with E-state index < -0.39 is 11.6 Å². The summed E-state index contributed by atoms with van der Waals surface area (Å²) >= 11 is 12.1. The SMILES string of the molecule is Cc1cccc(-c2nc(C(N)=O)c3[nH]c(=O)n(-c4ccc(Cl)c(Cl)c4)c3n2)c1. The van der Waals surface area contributed by atoms with Crippen LogP contribution in [-0.2, 0) is 0 Å². The van der Waals surface area contributed by atoms with Crippen molar-refractivity contribution in [2.45, 2.75) is 6.92 Å². The van der Waals surface area contributed by atoms with Crippen LogP contribution in [0.3, 0.4) is 0 Å². The van der Waals surface area contributed by atoms with Crippen molar-refractivity contribution < 1.29 is 4.79 Å². The number of carbonyl (C=O) groups excluding carboxylic acids is 1. The van der Waals surface area contributed by atoms with E-state index in [0.717, 1.165) is 5.56 Å². The van der Waals surface area contributed by atoms with Gasteiger partial charge in [-0.15, -0.1) is 0 Å².